The Morgan fingerprint density at radius 2 is 1.62 bits per heavy atom. The number of allylic oxidation sites excluding steroid dienone is 3. The molecule has 0 unspecified atom stereocenters. The van der Waals surface area contributed by atoms with Crippen LogP contribution in [0, 0.1) is 0 Å². The summed E-state index contributed by atoms with van der Waals surface area (Å²) in [6, 6.07) is 0. The van der Waals surface area contributed by atoms with Crippen molar-refractivity contribution in [1.29, 1.82) is 0 Å². The zero-order valence-electron chi connectivity index (χ0n) is 21.9. The average Bonchev–Trinajstić information content (AvgIpc) is 3.00. The Kier molecular flexibility index (Phi) is 13.0. The molecule has 1 rings (SSSR count). The first-order valence-corrected chi connectivity index (χ1v) is 19.6. The summed E-state index contributed by atoms with van der Waals surface area (Å²) in [4.78, 5) is 24.3. The van der Waals surface area contributed by atoms with Gasteiger partial charge in [-0.15, -0.1) is 0 Å². The molecule has 0 N–H and O–H groups in total. The third kappa shape index (κ3) is 13.5. The molecular weight excluding hydrogens is 432 g/mol. The minimum absolute atomic E-state index is 0.0562. The Morgan fingerprint density at radius 3 is 2.25 bits per heavy atom. The van der Waals surface area contributed by atoms with Gasteiger partial charge in [-0.05, 0) is 82.5 Å². The van der Waals surface area contributed by atoms with E-state index >= 15 is 0 Å². The molecule has 1 aliphatic carbocycles. The molecule has 0 aromatic carbocycles. The quantitative estimate of drug-likeness (QED) is 0.167. The Balaban J connectivity index is 2.53. The van der Waals surface area contributed by atoms with Crippen LogP contribution in [0.5, 0.6) is 0 Å². The summed E-state index contributed by atoms with van der Waals surface area (Å²) in [5.74, 6) is 0.260. The lowest BCUT2D eigenvalue weighted by molar-refractivity contribution is -0.135. The maximum atomic E-state index is 12.4. The van der Waals surface area contributed by atoms with Crippen molar-refractivity contribution in [3.05, 3.63) is 23.3 Å². The van der Waals surface area contributed by atoms with Gasteiger partial charge in [0.25, 0.3) is 5.97 Å². The van der Waals surface area contributed by atoms with Gasteiger partial charge in [-0.1, -0.05) is 51.2 Å². The highest BCUT2D eigenvalue weighted by atomic mass is 28.4. The van der Waals surface area contributed by atoms with E-state index in [4.69, 9.17) is 8.85 Å². The van der Waals surface area contributed by atoms with Crippen LogP contribution in [-0.2, 0) is 18.4 Å². The van der Waals surface area contributed by atoms with E-state index in [-0.39, 0.29) is 12.1 Å². The van der Waals surface area contributed by atoms with Crippen LogP contribution >= 0.6 is 0 Å². The van der Waals surface area contributed by atoms with Gasteiger partial charge in [0.15, 0.2) is 14.1 Å². The van der Waals surface area contributed by atoms with Crippen LogP contribution in [-0.4, -0.2) is 34.5 Å². The molecule has 0 heterocycles. The second-order valence-corrected chi connectivity index (χ2v) is 19.9. The molecule has 0 amide bonds. The molecule has 0 aliphatic heterocycles. The lowest BCUT2D eigenvalue weighted by Crippen LogP contribution is -2.31. The highest BCUT2D eigenvalue weighted by molar-refractivity contribution is 6.71. The third-order valence-corrected chi connectivity index (χ3v) is 7.28. The van der Waals surface area contributed by atoms with E-state index in [2.05, 4.69) is 38.7 Å². The summed E-state index contributed by atoms with van der Waals surface area (Å²) in [5, 5.41) is 0. The molecule has 4 nitrogen and oxygen atoms in total. The van der Waals surface area contributed by atoms with Crippen molar-refractivity contribution < 1.29 is 18.4 Å². The first-order valence-electron chi connectivity index (χ1n) is 12.7. The van der Waals surface area contributed by atoms with Gasteiger partial charge in [-0.25, -0.2) is 0 Å². The van der Waals surface area contributed by atoms with E-state index in [0.29, 0.717) is 18.6 Å². The smallest absolute Gasteiger partial charge is 0.292 e. The fraction of sp³-hybridized carbons (Fsp3) is 0.769. The monoisotopic (exact) mass is 480 g/mol. The van der Waals surface area contributed by atoms with E-state index in [1.807, 2.05) is 19.6 Å². The van der Waals surface area contributed by atoms with Crippen molar-refractivity contribution >= 4 is 28.4 Å². The van der Waals surface area contributed by atoms with Gasteiger partial charge in [0.05, 0.1) is 6.10 Å². The molecular formula is C26H48O4Si2. The van der Waals surface area contributed by atoms with Crippen molar-refractivity contribution in [2.45, 2.75) is 129 Å². The molecule has 0 bridgehead atoms. The van der Waals surface area contributed by atoms with Crippen LogP contribution in [0.4, 0.5) is 0 Å². The van der Waals surface area contributed by atoms with E-state index in [1.54, 1.807) is 0 Å². The van der Waals surface area contributed by atoms with Gasteiger partial charge in [0, 0.05) is 12.8 Å². The molecule has 0 spiro atoms. The number of hydrogen-bond acceptors (Lipinski definition) is 4. The Bertz CT molecular complexity index is 654. The number of ketones is 1. The zero-order valence-corrected chi connectivity index (χ0v) is 23.9. The van der Waals surface area contributed by atoms with Gasteiger partial charge >= 0.3 is 0 Å². The molecule has 0 saturated heterocycles. The molecule has 184 valence electrons. The van der Waals surface area contributed by atoms with E-state index < -0.39 is 16.6 Å². The van der Waals surface area contributed by atoms with Crippen molar-refractivity contribution in [2.24, 2.45) is 0 Å². The minimum atomic E-state index is -1.77. The number of rotatable bonds is 16. The Hall–Kier alpha value is -0.986. The summed E-state index contributed by atoms with van der Waals surface area (Å²) >= 11 is 0. The molecule has 1 aliphatic rings. The Labute approximate surface area is 199 Å². The second-order valence-electron chi connectivity index (χ2n) is 11.1. The molecule has 0 aromatic rings. The van der Waals surface area contributed by atoms with Gasteiger partial charge in [0.1, 0.15) is 0 Å². The predicted molar refractivity (Wildman–Crippen MR) is 140 cm³/mol. The standard InChI is InChI=1S/C26H48O4Si2/c1-8-9-12-15-23(29-31(2,3)4)20-18-22-19-21-25(27)24(22)16-13-10-11-14-17-26(28)30-32(5,6)7/h18,20,23H,8-17,19,21H2,1-7H3/b20-18+/t23-/m0/s1. The van der Waals surface area contributed by atoms with Crippen molar-refractivity contribution in [3.8, 4) is 0 Å². The Morgan fingerprint density at radius 1 is 0.938 bits per heavy atom. The normalized spacial score (nSPS) is 16.3. The first-order chi connectivity index (χ1) is 14.9. The largest absolute Gasteiger partial charge is 0.520 e. The van der Waals surface area contributed by atoms with Crippen molar-refractivity contribution in [1.82, 2.24) is 0 Å². The zero-order chi connectivity index (χ0) is 24.2. The SMILES string of the molecule is CCCCC[C@@H](/C=C/C1=C(CCCCCCC(=O)O[Si](C)(C)C)C(=O)CC1)O[Si](C)(C)C. The van der Waals surface area contributed by atoms with Crippen LogP contribution in [0.2, 0.25) is 39.3 Å². The van der Waals surface area contributed by atoms with Gasteiger partial charge in [0.2, 0.25) is 8.32 Å². The lowest BCUT2D eigenvalue weighted by Gasteiger charge is -2.24. The average molecular weight is 481 g/mol. The molecule has 0 fully saturated rings. The summed E-state index contributed by atoms with van der Waals surface area (Å²) < 4.78 is 11.9. The van der Waals surface area contributed by atoms with E-state index in [0.717, 1.165) is 50.5 Å². The summed E-state index contributed by atoms with van der Waals surface area (Å²) in [5.41, 5.74) is 2.24. The van der Waals surface area contributed by atoms with Gasteiger partial charge < -0.3 is 8.85 Å². The second kappa shape index (κ2) is 14.3. The lowest BCUT2D eigenvalue weighted by atomic mass is 10.0. The molecule has 0 radical (unpaired) electrons. The van der Waals surface area contributed by atoms with E-state index in [1.165, 1.54) is 24.8 Å². The predicted octanol–water partition coefficient (Wildman–Crippen LogP) is 7.72. The van der Waals surface area contributed by atoms with Gasteiger partial charge in [-0.2, -0.15) is 0 Å². The van der Waals surface area contributed by atoms with Crippen LogP contribution in [0.25, 0.3) is 0 Å². The topological polar surface area (TPSA) is 52.6 Å². The van der Waals surface area contributed by atoms with Crippen LogP contribution in [0.3, 0.4) is 0 Å². The third-order valence-electron chi connectivity index (χ3n) is 5.43. The van der Waals surface area contributed by atoms with Crippen LogP contribution < -0.4 is 0 Å². The molecule has 0 saturated carbocycles. The minimum Gasteiger partial charge on any atom is -0.520 e. The maximum Gasteiger partial charge on any atom is 0.292 e. The summed E-state index contributed by atoms with van der Waals surface area (Å²) in [7, 11) is -3.38. The van der Waals surface area contributed by atoms with E-state index in [9.17, 15) is 9.59 Å². The molecule has 32 heavy (non-hydrogen) atoms. The van der Waals surface area contributed by atoms with Crippen LogP contribution in [0.1, 0.15) is 84.0 Å². The molecule has 1 atom stereocenters. The van der Waals surface area contributed by atoms with Crippen molar-refractivity contribution in [2.75, 3.05) is 0 Å². The van der Waals surface area contributed by atoms with Gasteiger partial charge in [-0.3, -0.25) is 9.59 Å². The number of carbonyl (C=O) groups excluding carboxylic acids is 2. The molecule has 0 aromatic heterocycles. The summed E-state index contributed by atoms with van der Waals surface area (Å²) in [6.45, 7) is 15.0. The summed E-state index contributed by atoms with van der Waals surface area (Å²) in [6.07, 6.45) is 16.1. The fourth-order valence-corrected chi connectivity index (χ4v) is 5.89. The first kappa shape index (κ1) is 29.0. The fourth-order valence-electron chi connectivity index (χ4n) is 4.00. The number of Topliss-reactive ketones (excluding diaryl/α,β-unsaturated/α-hetero) is 1. The molecule has 6 heteroatoms. The maximum absolute atomic E-state index is 12.4. The highest BCUT2D eigenvalue weighted by Crippen LogP contribution is 2.29. The number of hydrogen-bond donors (Lipinski definition) is 0. The van der Waals surface area contributed by atoms with Crippen LogP contribution in [0.15, 0.2) is 23.3 Å². The number of unbranched alkanes of at least 4 members (excludes halogenated alkanes) is 5. The number of carbonyl (C=O) groups is 2. The highest BCUT2D eigenvalue weighted by Gasteiger charge is 2.23. The van der Waals surface area contributed by atoms with Crippen molar-refractivity contribution in [3.63, 3.8) is 0 Å².